The highest BCUT2D eigenvalue weighted by Crippen LogP contribution is 2.24. The van der Waals surface area contributed by atoms with Crippen LogP contribution in [0.3, 0.4) is 0 Å². The molecule has 2 heterocycles. The lowest BCUT2D eigenvalue weighted by molar-refractivity contribution is -0.122. The quantitative estimate of drug-likeness (QED) is 0.647. The number of amides is 1. The SMILES string of the molecule is Cc1nn(CCNC(=O)C2CC(c3ccc(O)cc3)NN2)c(C)c1Cl. The standard InChI is InChI=1S/C17H22ClN5O2/c1-10-16(18)11(2)23(22-10)8-7-19-17(25)15-9-14(20-21-15)12-3-5-13(24)6-4-12/h3-6,14-15,20-21,24H,7-9H2,1-2H3,(H,19,25). The third-order valence-electron chi connectivity index (χ3n) is 4.43. The molecule has 1 fully saturated rings. The molecule has 2 aromatic rings. The number of nitrogens with zero attached hydrogens (tertiary/aromatic N) is 2. The lowest BCUT2D eigenvalue weighted by atomic mass is 10.0. The van der Waals surface area contributed by atoms with Gasteiger partial charge in [-0.3, -0.25) is 9.48 Å². The second-order valence-corrected chi connectivity index (χ2v) is 6.60. The summed E-state index contributed by atoms with van der Waals surface area (Å²) in [5.74, 6) is 0.176. The summed E-state index contributed by atoms with van der Waals surface area (Å²) in [5.41, 5.74) is 8.87. The number of benzene rings is 1. The van der Waals surface area contributed by atoms with Crippen LogP contribution in [0, 0.1) is 13.8 Å². The first kappa shape index (κ1) is 17.7. The van der Waals surface area contributed by atoms with Gasteiger partial charge in [0.15, 0.2) is 0 Å². The van der Waals surface area contributed by atoms with Gasteiger partial charge in [0.25, 0.3) is 0 Å². The Hall–Kier alpha value is -2.09. The van der Waals surface area contributed by atoms with Gasteiger partial charge in [-0.2, -0.15) is 5.10 Å². The molecule has 1 saturated heterocycles. The number of aryl methyl sites for hydroxylation is 1. The Morgan fingerprint density at radius 1 is 1.36 bits per heavy atom. The van der Waals surface area contributed by atoms with Crippen molar-refractivity contribution in [3.05, 3.63) is 46.2 Å². The Morgan fingerprint density at radius 3 is 2.72 bits per heavy atom. The molecule has 2 unspecified atom stereocenters. The maximum atomic E-state index is 12.3. The van der Waals surface area contributed by atoms with E-state index in [1.165, 1.54) is 0 Å². The van der Waals surface area contributed by atoms with Crippen molar-refractivity contribution in [2.75, 3.05) is 6.54 Å². The first-order chi connectivity index (χ1) is 12.0. The van der Waals surface area contributed by atoms with Gasteiger partial charge < -0.3 is 10.4 Å². The van der Waals surface area contributed by atoms with E-state index in [-0.39, 0.29) is 23.7 Å². The van der Waals surface area contributed by atoms with Crippen molar-refractivity contribution < 1.29 is 9.90 Å². The second-order valence-electron chi connectivity index (χ2n) is 6.22. The Balaban J connectivity index is 1.49. The molecule has 25 heavy (non-hydrogen) atoms. The van der Waals surface area contributed by atoms with Gasteiger partial charge >= 0.3 is 0 Å². The van der Waals surface area contributed by atoms with Crippen molar-refractivity contribution in [2.45, 2.75) is 38.9 Å². The summed E-state index contributed by atoms with van der Waals surface area (Å²) >= 11 is 6.12. The van der Waals surface area contributed by atoms with E-state index in [2.05, 4.69) is 21.3 Å². The Kier molecular flexibility index (Phi) is 5.27. The average molecular weight is 364 g/mol. The first-order valence-electron chi connectivity index (χ1n) is 8.23. The van der Waals surface area contributed by atoms with Gasteiger partial charge in [-0.15, -0.1) is 0 Å². The molecule has 1 aromatic carbocycles. The van der Waals surface area contributed by atoms with Crippen molar-refractivity contribution in [1.29, 1.82) is 0 Å². The van der Waals surface area contributed by atoms with Crippen LogP contribution in [0.15, 0.2) is 24.3 Å². The van der Waals surface area contributed by atoms with E-state index < -0.39 is 0 Å². The Morgan fingerprint density at radius 2 is 2.08 bits per heavy atom. The van der Waals surface area contributed by atoms with Crippen LogP contribution < -0.4 is 16.2 Å². The first-order valence-corrected chi connectivity index (χ1v) is 8.60. The van der Waals surface area contributed by atoms with Crippen LogP contribution in [0.2, 0.25) is 5.02 Å². The van der Waals surface area contributed by atoms with Crippen LogP contribution in [0.5, 0.6) is 5.75 Å². The van der Waals surface area contributed by atoms with E-state index in [1.807, 2.05) is 26.0 Å². The number of aromatic nitrogens is 2. The molecule has 4 N–H and O–H groups in total. The fourth-order valence-electron chi connectivity index (χ4n) is 2.95. The molecule has 0 aliphatic carbocycles. The van der Waals surface area contributed by atoms with E-state index in [0.717, 1.165) is 17.0 Å². The zero-order valence-corrected chi connectivity index (χ0v) is 15.0. The lowest BCUT2D eigenvalue weighted by Crippen LogP contribution is -2.44. The molecular weight excluding hydrogens is 342 g/mol. The number of nitrogens with one attached hydrogen (secondary N) is 3. The minimum atomic E-state index is -0.303. The minimum absolute atomic E-state index is 0.0335. The number of hydrogen-bond acceptors (Lipinski definition) is 5. The largest absolute Gasteiger partial charge is 0.508 e. The fraction of sp³-hybridized carbons (Fsp3) is 0.412. The molecule has 0 radical (unpaired) electrons. The molecule has 7 nitrogen and oxygen atoms in total. The molecule has 1 aromatic heterocycles. The predicted octanol–water partition coefficient (Wildman–Crippen LogP) is 1.58. The van der Waals surface area contributed by atoms with Crippen molar-refractivity contribution >= 4 is 17.5 Å². The fourth-order valence-corrected chi connectivity index (χ4v) is 3.09. The average Bonchev–Trinajstić information content (AvgIpc) is 3.18. The Labute approximate surface area is 151 Å². The van der Waals surface area contributed by atoms with Crippen molar-refractivity contribution in [3.63, 3.8) is 0 Å². The van der Waals surface area contributed by atoms with Crippen molar-refractivity contribution in [3.8, 4) is 5.75 Å². The van der Waals surface area contributed by atoms with Crippen LogP contribution in [0.25, 0.3) is 0 Å². The van der Waals surface area contributed by atoms with Crippen molar-refractivity contribution in [2.24, 2.45) is 0 Å². The van der Waals surface area contributed by atoms with E-state index >= 15 is 0 Å². The third kappa shape index (κ3) is 3.95. The molecule has 2 atom stereocenters. The molecule has 1 aliphatic rings. The summed E-state index contributed by atoms with van der Waals surface area (Å²) in [4.78, 5) is 12.3. The van der Waals surface area contributed by atoms with Gasteiger partial charge in [-0.1, -0.05) is 23.7 Å². The van der Waals surface area contributed by atoms with Crippen LogP contribution in [-0.4, -0.2) is 33.4 Å². The molecule has 1 amide bonds. The van der Waals surface area contributed by atoms with E-state index in [4.69, 9.17) is 11.6 Å². The summed E-state index contributed by atoms with van der Waals surface area (Å²) in [6.07, 6.45) is 0.641. The number of phenolic OH excluding ortho intramolecular Hbond substituents is 1. The number of aromatic hydroxyl groups is 1. The highest BCUT2D eigenvalue weighted by molar-refractivity contribution is 6.31. The maximum Gasteiger partial charge on any atom is 0.238 e. The third-order valence-corrected chi connectivity index (χ3v) is 4.98. The number of carbonyl (C=O) groups is 1. The van der Waals surface area contributed by atoms with Crippen LogP contribution in [0.1, 0.15) is 29.4 Å². The van der Waals surface area contributed by atoms with Crippen LogP contribution in [0.4, 0.5) is 0 Å². The van der Waals surface area contributed by atoms with Crippen molar-refractivity contribution in [1.82, 2.24) is 25.9 Å². The van der Waals surface area contributed by atoms with Crippen LogP contribution in [-0.2, 0) is 11.3 Å². The van der Waals surface area contributed by atoms with E-state index in [9.17, 15) is 9.90 Å². The van der Waals surface area contributed by atoms with E-state index in [0.29, 0.717) is 24.5 Å². The topological polar surface area (TPSA) is 91.2 Å². The zero-order chi connectivity index (χ0) is 18.0. The molecule has 0 saturated carbocycles. The van der Waals surface area contributed by atoms with E-state index in [1.54, 1.807) is 16.8 Å². The molecule has 1 aliphatic heterocycles. The zero-order valence-electron chi connectivity index (χ0n) is 14.2. The molecule has 134 valence electrons. The smallest absolute Gasteiger partial charge is 0.238 e. The molecule has 0 spiro atoms. The minimum Gasteiger partial charge on any atom is -0.508 e. The number of hydrazine groups is 1. The monoisotopic (exact) mass is 363 g/mol. The second kappa shape index (κ2) is 7.43. The maximum absolute atomic E-state index is 12.3. The summed E-state index contributed by atoms with van der Waals surface area (Å²) in [6, 6.07) is 6.71. The molecular formula is C17H22ClN5O2. The molecule has 8 heteroatoms. The van der Waals surface area contributed by atoms with Gasteiger partial charge in [0.2, 0.25) is 5.91 Å². The normalized spacial score (nSPS) is 20.0. The summed E-state index contributed by atoms with van der Waals surface area (Å²) in [7, 11) is 0. The molecule has 0 bridgehead atoms. The van der Waals surface area contributed by atoms with Gasteiger partial charge in [0.05, 0.1) is 23.0 Å². The number of phenols is 1. The van der Waals surface area contributed by atoms with Gasteiger partial charge in [0.1, 0.15) is 11.8 Å². The highest BCUT2D eigenvalue weighted by Gasteiger charge is 2.29. The van der Waals surface area contributed by atoms with Gasteiger partial charge in [-0.05, 0) is 38.0 Å². The summed E-state index contributed by atoms with van der Waals surface area (Å²) in [6.45, 7) is 4.84. The van der Waals surface area contributed by atoms with Crippen LogP contribution >= 0.6 is 11.6 Å². The summed E-state index contributed by atoms with van der Waals surface area (Å²) in [5, 5.41) is 17.3. The highest BCUT2D eigenvalue weighted by atomic mass is 35.5. The summed E-state index contributed by atoms with van der Waals surface area (Å²) < 4.78 is 1.80. The Bertz CT molecular complexity index is 759. The van der Waals surface area contributed by atoms with Gasteiger partial charge in [-0.25, -0.2) is 10.9 Å². The number of halogens is 1. The van der Waals surface area contributed by atoms with Gasteiger partial charge in [0, 0.05) is 12.6 Å². The lowest BCUT2D eigenvalue weighted by Gasteiger charge is -2.11. The number of hydrogen-bond donors (Lipinski definition) is 4. The number of carbonyl (C=O) groups excluding carboxylic acids is 1. The molecule has 3 rings (SSSR count). The number of rotatable bonds is 5. The predicted molar refractivity (Wildman–Crippen MR) is 95.2 cm³/mol.